The first-order chi connectivity index (χ1) is 7.72. The van der Waals surface area contributed by atoms with E-state index in [1.807, 2.05) is 11.5 Å². The number of nitrogens with one attached hydrogen (secondary N) is 1. The van der Waals surface area contributed by atoms with Crippen molar-refractivity contribution in [3.05, 3.63) is 33.2 Å². The van der Waals surface area contributed by atoms with Crippen LogP contribution in [0, 0.1) is 0 Å². The highest BCUT2D eigenvalue weighted by atomic mass is 32.2. The van der Waals surface area contributed by atoms with E-state index in [0.29, 0.717) is 17.0 Å². The van der Waals surface area contributed by atoms with Gasteiger partial charge >= 0.3 is 5.97 Å². The molecule has 1 aliphatic rings. The van der Waals surface area contributed by atoms with E-state index < -0.39 is 5.97 Å². The second-order valence-electron chi connectivity index (χ2n) is 3.11. The number of H-pyrrole nitrogens is 1. The summed E-state index contributed by atoms with van der Waals surface area (Å²) in [6.45, 7) is 1.96. The summed E-state index contributed by atoms with van der Waals surface area (Å²) >= 11 is 1.33. The SMILES string of the molecule is CCOC(=O)c1nc2c(c(=O)[nH]1)CC=CS2. The zero-order valence-electron chi connectivity index (χ0n) is 8.65. The van der Waals surface area contributed by atoms with Gasteiger partial charge in [-0.1, -0.05) is 17.8 Å². The van der Waals surface area contributed by atoms with Crippen molar-refractivity contribution < 1.29 is 9.53 Å². The van der Waals surface area contributed by atoms with Gasteiger partial charge in [0.15, 0.2) is 0 Å². The predicted molar refractivity (Wildman–Crippen MR) is 59.5 cm³/mol. The molecule has 0 amide bonds. The molecule has 0 spiro atoms. The molecule has 0 saturated carbocycles. The lowest BCUT2D eigenvalue weighted by Crippen LogP contribution is -2.22. The van der Waals surface area contributed by atoms with E-state index in [-0.39, 0.29) is 18.0 Å². The van der Waals surface area contributed by atoms with Crippen molar-refractivity contribution in [1.29, 1.82) is 0 Å². The summed E-state index contributed by atoms with van der Waals surface area (Å²) in [6, 6.07) is 0. The van der Waals surface area contributed by atoms with Crippen LogP contribution in [-0.4, -0.2) is 22.5 Å². The number of esters is 1. The number of aromatic nitrogens is 2. The molecule has 2 rings (SSSR count). The average molecular weight is 238 g/mol. The van der Waals surface area contributed by atoms with Crippen molar-refractivity contribution in [3.8, 4) is 0 Å². The molecule has 16 heavy (non-hydrogen) atoms. The molecule has 1 aliphatic heterocycles. The van der Waals surface area contributed by atoms with Crippen LogP contribution in [0.3, 0.4) is 0 Å². The third-order valence-corrected chi connectivity index (χ3v) is 2.93. The number of hydrogen-bond donors (Lipinski definition) is 1. The number of thioether (sulfide) groups is 1. The number of carbonyl (C=O) groups excluding carboxylic acids is 1. The van der Waals surface area contributed by atoms with Gasteiger partial charge < -0.3 is 9.72 Å². The fourth-order valence-electron chi connectivity index (χ4n) is 1.33. The molecule has 1 aromatic heterocycles. The lowest BCUT2D eigenvalue weighted by Gasteiger charge is -2.09. The van der Waals surface area contributed by atoms with Crippen molar-refractivity contribution in [2.24, 2.45) is 0 Å². The highest BCUT2D eigenvalue weighted by Gasteiger charge is 2.17. The Bertz CT molecular complexity index is 507. The summed E-state index contributed by atoms with van der Waals surface area (Å²) in [5, 5.41) is 2.43. The zero-order valence-corrected chi connectivity index (χ0v) is 9.47. The smallest absolute Gasteiger partial charge is 0.374 e. The van der Waals surface area contributed by atoms with Gasteiger partial charge in [0.25, 0.3) is 5.56 Å². The van der Waals surface area contributed by atoms with Crippen LogP contribution < -0.4 is 5.56 Å². The number of allylic oxidation sites excluding steroid dienone is 1. The molecule has 0 atom stereocenters. The molecule has 6 heteroatoms. The van der Waals surface area contributed by atoms with Crippen molar-refractivity contribution in [1.82, 2.24) is 9.97 Å². The summed E-state index contributed by atoms with van der Waals surface area (Å²) < 4.78 is 4.78. The molecule has 84 valence electrons. The Hall–Kier alpha value is -1.56. The summed E-state index contributed by atoms with van der Waals surface area (Å²) in [6.07, 6.45) is 2.43. The van der Waals surface area contributed by atoms with Gasteiger partial charge in [0, 0.05) is 0 Å². The third kappa shape index (κ3) is 2.01. The second kappa shape index (κ2) is 4.52. The van der Waals surface area contributed by atoms with Crippen LogP contribution in [0.4, 0.5) is 0 Å². The van der Waals surface area contributed by atoms with Gasteiger partial charge in [-0.15, -0.1) is 0 Å². The average Bonchev–Trinajstić information content (AvgIpc) is 2.29. The van der Waals surface area contributed by atoms with Gasteiger partial charge in [-0.25, -0.2) is 9.78 Å². The third-order valence-electron chi connectivity index (χ3n) is 2.04. The summed E-state index contributed by atoms with van der Waals surface area (Å²) in [4.78, 5) is 29.5. The lowest BCUT2D eigenvalue weighted by atomic mass is 10.2. The van der Waals surface area contributed by atoms with Crippen LogP contribution in [0.1, 0.15) is 23.1 Å². The molecule has 0 aromatic carbocycles. The van der Waals surface area contributed by atoms with E-state index in [2.05, 4.69) is 9.97 Å². The maximum atomic E-state index is 11.6. The molecule has 0 bridgehead atoms. The first-order valence-corrected chi connectivity index (χ1v) is 5.72. The molecule has 2 heterocycles. The van der Waals surface area contributed by atoms with E-state index in [1.54, 1.807) is 6.92 Å². The van der Waals surface area contributed by atoms with Crippen LogP contribution in [0.25, 0.3) is 0 Å². The molecule has 0 fully saturated rings. The number of ether oxygens (including phenoxy) is 1. The highest BCUT2D eigenvalue weighted by Crippen LogP contribution is 2.24. The molecule has 1 aromatic rings. The Morgan fingerprint density at radius 2 is 2.50 bits per heavy atom. The Labute approximate surface area is 95.9 Å². The van der Waals surface area contributed by atoms with Crippen LogP contribution in [0.5, 0.6) is 0 Å². The molecule has 0 unspecified atom stereocenters. The molecular weight excluding hydrogens is 228 g/mol. The fourth-order valence-corrected chi connectivity index (χ4v) is 2.11. The number of carbonyl (C=O) groups is 1. The monoisotopic (exact) mass is 238 g/mol. The quantitative estimate of drug-likeness (QED) is 0.617. The lowest BCUT2D eigenvalue weighted by molar-refractivity contribution is 0.0510. The first kappa shape index (κ1) is 10.9. The molecular formula is C10H10N2O3S. The molecule has 0 saturated heterocycles. The van der Waals surface area contributed by atoms with Gasteiger partial charge in [-0.05, 0) is 18.8 Å². The Morgan fingerprint density at radius 1 is 1.69 bits per heavy atom. The Kier molecular flexibility index (Phi) is 3.09. The van der Waals surface area contributed by atoms with Crippen LogP contribution >= 0.6 is 11.8 Å². The van der Waals surface area contributed by atoms with E-state index in [4.69, 9.17) is 4.74 Å². The molecule has 5 nitrogen and oxygen atoms in total. The number of nitrogens with zero attached hydrogens (tertiary/aromatic N) is 1. The fraction of sp³-hybridized carbons (Fsp3) is 0.300. The maximum Gasteiger partial charge on any atom is 0.374 e. The maximum absolute atomic E-state index is 11.6. The normalized spacial score (nSPS) is 13.3. The molecule has 1 N–H and O–H groups in total. The van der Waals surface area contributed by atoms with Gasteiger partial charge in [-0.2, -0.15) is 0 Å². The van der Waals surface area contributed by atoms with Gasteiger partial charge in [0.1, 0.15) is 5.03 Å². The second-order valence-corrected chi connectivity index (χ2v) is 4.01. The van der Waals surface area contributed by atoms with Gasteiger partial charge in [-0.3, -0.25) is 4.79 Å². The Morgan fingerprint density at radius 3 is 3.25 bits per heavy atom. The largest absolute Gasteiger partial charge is 0.460 e. The number of rotatable bonds is 2. The molecule has 0 aliphatic carbocycles. The minimum atomic E-state index is -0.599. The number of aromatic amines is 1. The van der Waals surface area contributed by atoms with Gasteiger partial charge in [0.05, 0.1) is 12.2 Å². The van der Waals surface area contributed by atoms with Crippen LogP contribution in [0.15, 0.2) is 21.3 Å². The standard InChI is InChI=1S/C10H10N2O3S/c1-2-15-10(14)7-11-8(13)6-4-3-5-16-9(6)12-7/h3,5H,2,4H2,1H3,(H,11,12,13). The van der Waals surface area contributed by atoms with E-state index in [1.165, 1.54) is 11.8 Å². The van der Waals surface area contributed by atoms with E-state index in [0.717, 1.165) is 0 Å². The van der Waals surface area contributed by atoms with Crippen molar-refractivity contribution >= 4 is 17.7 Å². The Balaban J connectivity index is 2.41. The number of fused-ring (bicyclic) bond motifs is 1. The molecule has 0 radical (unpaired) electrons. The van der Waals surface area contributed by atoms with E-state index in [9.17, 15) is 9.59 Å². The minimum Gasteiger partial charge on any atom is -0.460 e. The van der Waals surface area contributed by atoms with E-state index >= 15 is 0 Å². The zero-order chi connectivity index (χ0) is 11.5. The summed E-state index contributed by atoms with van der Waals surface area (Å²) in [5.74, 6) is -0.633. The topological polar surface area (TPSA) is 72.0 Å². The number of hydrogen-bond acceptors (Lipinski definition) is 5. The minimum absolute atomic E-state index is 0.0339. The highest BCUT2D eigenvalue weighted by molar-refractivity contribution is 8.02. The summed E-state index contributed by atoms with van der Waals surface area (Å²) in [7, 11) is 0. The predicted octanol–water partition coefficient (Wildman–Crippen LogP) is 1.11. The first-order valence-electron chi connectivity index (χ1n) is 4.84. The van der Waals surface area contributed by atoms with Crippen LogP contribution in [-0.2, 0) is 11.2 Å². The van der Waals surface area contributed by atoms with Gasteiger partial charge in [0.2, 0.25) is 5.82 Å². The van der Waals surface area contributed by atoms with Crippen LogP contribution in [0.2, 0.25) is 0 Å². The van der Waals surface area contributed by atoms with Crippen molar-refractivity contribution in [3.63, 3.8) is 0 Å². The summed E-state index contributed by atoms with van der Waals surface area (Å²) in [5.41, 5.74) is 0.324. The van der Waals surface area contributed by atoms with Crippen molar-refractivity contribution in [2.45, 2.75) is 18.4 Å². The van der Waals surface area contributed by atoms with Crippen molar-refractivity contribution in [2.75, 3.05) is 6.61 Å².